The van der Waals surface area contributed by atoms with E-state index in [2.05, 4.69) is 64.5 Å². The number of methoxy groups -OCH3 is 1. The molecule has 0 radical (unpaired) electrons. The quantitative estimate of drug-likeness (QED) is 0.328. The standard InChI is InChI=1S/C38H54N4O5/c1-22(2)23(3)34(4)14-15-36(6)25-9-10-28-35(5)19-47-20-38(28,26(25)11-13-37(36,7)30(34)33(44)45)18-27(31(35)43)42-32(40-21-41-42)24-12-16-39-29(17-24)46-8/h11-12,16-17,21-23,25,27-28,30-31,43H,9-10,13-15,18-20H2,1-8H3,(H,44,45)/t23-,25+,27-,28+,30-,31+,34-,35+,36-,37+,38+/m1/s1. The topological polar surface area (TPSA) is 120 Å². The molecule has 2 aromatic heterocycles. The zero-order valence-corrected chi connectivity index (χ0v) is 29.5. The van der Waals surface area contributed by atoms with Gasteiger partial charge in [-0.15, -0.1) is 0 Å². The van der Waals surface area contributed by atoms with Crippen LogP contribution in [0.4, 0.5) is 0 Å². The Hall–Kier alpha value is -2.78. The number of fused-ring (bicyclic) bond motifs is 3. The molecule has 11 atom stereocenters. The highest BCUT2D eigenvalue weighted by Gasteiger charge is 2.71. The first-order valence-electron chi connectivity index (χ1n) is 17.8. The summed E-state index contributed by atoms with van der Waals surface area (Å²) in [4.78, 5) is 22.3. The summed E-state index contributed by atoms with van der Waals surface area (Å²) in [5.74, 6) is 1.37. The molecule has 3 saturated carbocycles. The summed E-state index contributed by atoms with van der Waals surface area (Å²) < 4.78 is 13.8. The number of hydrogen-bond donors (Lipinski definition) is 2. The molecule has 47 heavy (non-hydrogen) atoms. The number of carbonyl (C=O) groups is 1. The largest absolute Gasteiger partial charge is 0.481 e. The van der Waals surface area contributed by atoms with Gasteiger partial charge in [-0.05, 0) is 84.5 Å². The Kier molecular flexibility index (Phi) is 7.57. The van der Waals surface area contributed by atoms with Crippen molar-refractivity contribution in [2.24, 2.45) is 56.7 Å². The van der Waals surface area contributed by atoms with Crippen LogP contribution >= 0.6 is 0 Å². The zero-order valence-electron chi connectivity index (χ0n) is 29.5. The molecule has 4 fully saturated rings. The van der Waals surface area contributed by atoms with Crippen LogP contribution in [0.1, 0.15) is 93.0 Å². The third kappa shape index (κ3) is 4.26. The van der Waals surface area contributed by atoms with Gasteiger partial charge in [0.1, 0.15) is 6.33 Å². The van der Waals surface area contributed by atoms with E-state index in [0.717, 1.165) is 37.7 Å². The average molecular weight is 647 g/mol. The van der Waals surface area contributed by atoms with Crippen LogP contribution in [0.3, 0.4) is 0 Å². The normalized spacial score (nSPS) is 43.3. The minimum atomic E-state index is -0.670. The first kappa shape index (κ1) is 32.8. The number of aromatic nitrogens is 4. The maximum atomic E-state index is 13.4. The van der Waals surface area contributed by atoms with Crippen LogP contribution in [-0.4, -0.2) is 62.4 Å². The number of nitrogens with zero attached hydrogens (tertiary/aromatic N) is 4. The summed E-state index contributed by atoms with van der Waals surface area (Å²) in [5.41, 5.74) is 0.743. The highest BCUT2D eigenvalue weighted by atomic mass is 16.5. The number of ether oxygens (including phenoxy) is 2. The second-order valence-corrected chi connectivity index (χ2v) is 17.2. The fourth-order valence-electron chi connectivity index (χ4n) is 12.2. The van der Waals surface area contributed by atoms with Gasteiger partial charge in [-0.2, -0.15) is 5.10 Å². The van der Waals surface area contributed by atoms with E-state index in [0.29, 0.717) is 43.2 Å². The van der Waals surface area contributed by atoms with E-state index in [1.807, 2.05) is 16.8 Å². The van der Waals surface area contributed by atoms with Crippen LogP contribution in [0.2, 0.25) is 0 Å². The third-order valence-electron chi connectivity index (χ3n) is 15.2. The van der Waals surface area contributed by atoms with E-state index < -0.39 is 23.4 Å². The highest BCUT2D eigenvalue weighted by molar-refractivity contribution is 5.73. The lowest BCUT2D eigenvalue weighted by atomic mass is 9.34. The average Bonchev–Trinajstić information content (AvgIpc) is 3.53. The summed E-state index contributed by atoms with van der Waals surface area (Å²) in [6.07, 6.45) is 10.5. The van der Waals surface area contributed by atoms with Crippen LogP contribution in [0, 0.1) is 56.7 Å². The number of hydrogen-bond acceptors (Lipinski definition) is 7. The van der Waals surface area contributed by atoms with Crippen LogP contribution in [-0.2, 0) is 9.53 Å². The number of rotatable bonds is 6. The molecule has 5 aliphatic rings. The Labute approximate surface area is 279 Å². The number of carboxylic acid groups (broad SMARTS) is 1. The fraction of sp³-hybridized carbons (Fsp3) is 0.737. The van der Waals surface area contributed by atoms with Crippen molar-refractivity contribution in [2.75, 3.05) is 20.3 Å². The van der Waals surface area contributed by atoms with E-state index in [1.165, 1.54) is 5.57 Å². The maximum Gasteiger partial charge on any atom is 0.307 e. The number of carboxylic acids is 1. The van der Waals surface area contributed by atoms with Crippen LogP contribution in [0.15, 0.2) is 36.3 Å². The summed E-state index contributed by atoms with van der Waals surface area (Å²) in [6, 6.07) is 3.47. The lowest BCUT2D eigenvalue weighted by Gasteiger charge is -2.71. The number of aliphatic carboxylic acids is 1. The third-order valence-corrected chi connectivity index (χ3v) is 15.2. The molecule has 0 unspecified atom stereocenters. The van der Waals surface area contributed by atoms with Crippen molar-refractivity contribution in [3.05, 3.63) is 36.3 Å². The summed E-state index contributed by atoms with van der Waals surface area (Å²) in [6.45, 7) is 17.1. The number of pyridine rings is 1. The van der Waals surface area contributed by atoms with Crippen molar-refractivity contribution in [2.45, 2.75) is 99.1 Å². The molecule has 3 heterocycles. The molecule has 0 aromatic carbocycles. The van der Waals surface area contributed by atoms with Gasteiger partial charge in [0, 0.05) is 28.7 Å². The number of aliphatic hydroxyl groups is 1. The molecule has 2 aromatic rings. The Morgan fingerprint density at radius 1 is 1.09 bits per heavy atom. The van der Waals surface area contributed by atoms with E-state index in [1.54, 1.807) is 19.6 Å². The van der Waals surface area contributed by atoms with E-state index >= 15 is 0 Å². The van der Waals surface area contributed by atoms with Gasteiger partial charge in [0.15, 0.2) is 5.82 Å². The Morgan fingerprint density at radius 3 is 2.55 bits per heavy atom. The predicted octanol–water partition coefficient (Wildman–Crippen LogP) is 6.84. The molecule has 256 valence electrons. The molecule has 1 saturated heterocycles. The fourth-order valence-corrected chi connectivity index (χ4v) is 12.2. The van der Waals surface area contributed by atoms with E-state index in [-0.39, 0.29) is 39.5 Å². The molecule has 7 rings (SSSR count). The smallest absolute Gasteiger partial charge is 0.307 e. The number of allylic oxidation sites excluding steroid dienone is 1. The highest BCUT2D eigenvalue weighted by Crippen LogP contribution is 2.75. The van der Waals surface area contributed by atoms with Gasteiger partial charge in [0.2, 0.25) is 5.88 Å². The van der Waals surface area contributed by atoms with E-state index in [9.17, 15) is 15.0 Å². The van der Waals surface area contributed by atoms with Crippen molar-refractivity contribution in [1.82, 2.24) is 19.7 Å². The molecule has 0 spiro atoms. The SMILES string of the molecule is COc1cc(-c2ncnn2[C@@H]2C[C@@]34COC[C@@](C)([C@@H]3CC[C@H]3C4=CC[C@@]4(C)[C@H](C(=O)O)[C@@](C)([C@H](C)C(C)C)CC[C@]34C)[C@H]2O)ccn1. The van der Waals surface area contributed by atoms with Crippen molar-refractivity contribution in [3.8, 4) is 17.3 Å². The molecule has 1 aliphatic heterocycles. The van der Waals surface area contributed by atoms with Gasteiger partial charge in [-0.3, -0.25) is 4.79 Å². The summed E-state index contributed by atoms with van der Waals surface area (Å²) in [7, 11) is 1.60. The maximum absolute atomic E-state index is 13.4. The van der Waals surface area contributed by atoms with Crippen molar-refractivity contribution in [1.29, 1.82) is 0 Å². The van der Waals surface area contributed by atoms with Gasteiger partial charge in [-0.25, -0.2) is 14.6 Å². The summed E-state index contributed by atoms with van der Waals surface area (Å²) >= 11 is 0. The molecule has 9 nitrogen and oxygen atoms in total. The zero-order chi connectivity index (χ0) is 33.7. The van der Waals surface area contributed by atoms with Crippen molar-refractivity contribution < 1.29 is 24.5 Å². The summed E-state index contributed by atoms with van der Waals surface area (Å²) in [5, 5.41) is 28.0. The second-order valence-electron chi connectivity index (χ2n) is 17.2. The van der Waals surface area contributed by atoms with Crippen LogP contribution in [0.5, 0.6) is 5.88 Å². The van der Waals surface area contributed by atoms with Crippen molar-refractivity contribution in [3.63, 3.8) is 0 Å². The predicted molar refractivity (Wildman–Crippen MR) is 178 cm³/mol. The first-order chi connectivity index (χ1) is 22.2. The molecule has 2 N–H and O–H groups in total. The van der Waals surface area contributed by atoms with Gasteiger partial charge < -0.3 is 19.7 Å². The Balaban J connectivity index is 1.33. The first-order valence-corrected chi connectivity index (χ1v) is 17.8. The van der Waals surface area contributed by atoms with Gasteiger partial charge in [0.25, 0.3) is 0 Å². The Morgan fingerprint density at radius 2 is 1.85 bits per heavy atom. The van der Waals surface area contributed by atoms with Gasteiger partial charge >= 0.3 is 5.97 Å². The minimum Gasteiger partial charge on any atom is -0.481 e. The monoisotopic (exact) mass is 646 g/mol. The number of aliphatic hydroxyl groups excluding tert-OH is 1. The van der Waals surface area contributed by atoms with Gasteiger partial charge in [0.05, 0.1) is 38.4 Å². The van der Waals surface area contributed by atoms with Crippen LogP contribution < -0.4 is 4.74 Å². The van der Waals surface area contributed by atoms with E-state index in [4.69, 9.17) is 14.6 Å². The van der Waals surface area contributed by atoms with Crippen molar-refractivity contribution >= 4 is 5.97 Å². The lowest BCUT2D eigenvalue weighted by molar-refractivity contribution is -0.240. The molecular formula is C38H54N4O5. The molecule has 4 aliphatic carbocycles. The lowest BCUT2D eigenvalue weighted by Crippen LogP contribution is -2.68. The second kappa shape index (κ2) is 10.9. The molecular weight excluding hydrogens is 592 g/mol. The van der Waals surface area contributed by atoms with Gasteiger partial charge in [-0.1, -0.05) is 60.1 Å². The minimum absolute atomic E-state index is 0.165. The van der Waals surface area contributed by atoms with Crippen LogP contribution in [0.25, 0.3) is 11.4 Å². The molecule has 2 bridgehead atoms. The molecule has 0 amide bonds. The Bertz CT molecular complexity index is 1590. The molecule has 9 heteroatoms.